The Hall–Kier alpha value is -2.73. The number of rotatable bonds is 5. The first-order chi connectivity index (χ1) is 11.0. The predicted molar refractivity (Wildman–Crippen MR) is 88.4 cm³/mol. The number of anilines is 2. The summed E-state index contributed by atoms with van der Waals surface area (Å²) >= 11 is 6.05. The molecule has 0 radical (unpaired) electrons. The van der Waals surface area contributed by atoms with Crippen molar-refractivity contribution in [3.8, 4) is 5.75 Å². The Balaban J connectivity index is 2.01. The predicted octanol–water partition coefficient (Wildman–Crippen LogP) is 3.76. The number of amides is 2. The van der Waals surface area contributed by atoms with Crippen molar-refractivity contribution >= 4 is 35.0 Å². The monoisotopic (exact) mass is 334 g/mol. The van der Waals surface area contributed by atoms with Gasteiger partial charge in [-0.25, -0.2) is 9.59 Å². The maximum atomic E-state index is 12.0. The van der Waals surface area contributed by atoms with Gasteiger partial charge in [-0.05, 0) is 30.7 Å². The molecule has 7 heteroatoms. The summed E-state index contributed by atoms with van der Waals surface area (Å²) in [5.74, 6) is -0.775. The van der Waals surface area contributed by atoms with E-state index in [1.54, 1.807) is 6.07 Å². The minimum atomic E-state index is -1.08. The molecule has 120 valence electrons. The largest absolute Gasteiger partial charge is 0.482 e. The van der Waals surface area contributed by atoms with E-state index >= 15 is 0 Å². The molecule has 0 unspecified atom stereocenters. The van der Waals surface area contributed by atoms with Crippen LogP contribution in [0.5, 0.6) is 5.75 Å². The summed E-state index contributed by atoms with van der Waals surface area (Å²) in [5.41, 5.74) is 2.02. The number of hydrogen-bond acceptors (Lipinski definition) is 3. The van der Waals surface area contributed by atoms with E-state index in [1.165, 1.54) is 18.2 Å². The molecule has 2 rings (SSSR count). The number of carbonyl (C=O) groups is 2. The molecule has 0 fully saturated rings. The second kappa shape index (κ2) is 7.51. The third-order valence-corrected chi connectivity index (χ3v) is 3.26. The van der Waals surface area contributed by atoms with Gasteiger partial charge < -0.3 is 20.5 Å². The minimum absolute atomic E-state index is 0.243. The third kappa shape index (κ3) is 4.89. The van der Waals surface area contributed by atoms with Gasteiger partial charge in [0.15, 0.2) is 6.61 Å². The minimum Gasteiger partial charge on any atom is -0.482 e. The molecule has 0 bridgehead atoms. The zero-order valence-corrected chi connectivity index (χ0v) is 13.1. The molecule has 23 heavy (non-hydrogen) atoms. The van der Waals surface area contributed by atoms with Crippen LogP contribution in [0.4, 0.5) is 16.2 Å². The van der Waals surface area contributed by atoms with E-state index in [0.717, 1.165) is 5.56 Å². The molecule has 0 saturated heterocycles. The van der Waals surface area contributed by atoms with Crippen LogP contribution in [0, 0.1) is 6.92 Å². The van der Waals surface area contributed by atoms with E-state index in [4.69, 9.17) is 21.4 Å². The SMILES string of the molecule is Cc1ccccc1NC(=O)Nc1ccc(OCC(=O)O)cc1Cl. The molecule has 0 saturated carbocycles. The van der Waals surface area contributed by atoms with Crippen molar-refractivity contribution in [3.63, 3.8) is 0 Å². The van der Waals surface area contributed by atoms with E-state index in [1.807, 2.05) is 25.1 Å². The topological polar surface area (TPSA) is 87.7 Å². The molecule has 0 spiro atoms. The van der Waals surface area contributed by atoms with E-state index in [0.29, 0.717) is 17.1 Å². The lowest BCUT2D eigenvalue weighted by Crippen LogP contribution is -2.20. The quantitative estimate of drug-likeness (QED) is 0.777. The van der Waals surface area contributed by atoms with Crippen LogP contribution in [0.25, 0.3) is 0 Å². The van der Waals surface area contributed by atoms with Gasteiger partial charge in [-0.1, -0.05) is 29.8 Å². The third-order valence-electron chi connectivity index (χ3n) is 2.94. The van der Waals surface area contributed by atoms with Crippen LogP contribution in [0.15, 0.2) is 42.5 Å². The van der Waals surface area contributed by atoms with Gasteiger partial charge in [-0.3, -0.25) is 0 Å². The number of hydrogen-bond donors (Lipinski definition) is 3. The van der Waals surface area contributed by atoms with Crippen LogP contribution >= 0.6 is 11.6 Å². The van der Waals surface area contributed by atoms with Gasteiger partial charge >= 0.3 is 12.0 Å². The van der Waals surface area contributed by atoms with Crippen molar-refractivity contribution in [2.75, 3.05) is 17.2 Å². The summed E-state index contributed by atoms with van der Waals surface area (Å²) in [6, 6.07) is 11.5. The van der Waals surface area contributed by atoms with Crippen molar-refractivity contribution in [2.24, 2.45) is 0 Å². The maximum absolute atomic E-state index is 12.0. The second-order valence-electron chi connectivity index (χ2n) is 4.72. The molecule has 2 aromatic carbocycles. The number of carboxylic acid groups (broad SMARTS) is 1. The van der Waals surface area contributed by atoms with Crippen LogP contribution in [0.2, 0.25) is 5.02 Å². The van der Waals surface area contributed by atoms with Gasteiger partial charge in [0, 0.05) is 11.8 Å². The molecular weight excluding hydrogens is 320 g/mol. The molecule has 0 aliphatic rings. The molecular formula is C16H15ClN2O4. The standard InChI is InChI=1S/C16H15ClN2O4/c1-10-4-2-3-5-13(10)18-16(22)19-14-7-6-11(8-12(14)17)23-9-15(20)21/h2-8H,9H2,1H3,(H,20,21)(H2,18,19,22). The highest BCUT2D eigenvalue weighted by molar-refractivity contribution is 6.34. The highest BCUT2D eigenvalue weighted by Gasteiger charge is 2.09. The van der Waals surface area contributed by atoms with Crippen molar-refractivity contribution in [1.29, 1.82) is 0 Å². The fraction of sp³-hybridized carbons (Fsp3) is 0.125. The van der Waals surface area contributed by atoms with Gasteiger partial charge in [0.05, 0.1) is 10.7 Å². The van der Waals surface area contributed by atoms with Gasteiger partial charge in [0.2, 0.25) is 0 Å². The Morgan fingerprint density at radius 3 is 2.48 bits per heavy atom. The van der Waals surface area contributed by atoms with Gasteiger partial charge in [0.25, 0.3) is 0 Å². The Kier molecular flexibility index (Phi) is 5.43. The van der Waals surface area contributed by atoms with E-state index in [-0.39, 0.29) is 5.02 Å². The number of ether oxygens (including phenoxy) is 1. The van der Waals surface area contributed by atoms with Crippen molar-refractivity contribution in [2.45, 2.75) is 6.92 Å². The van der Waals surface area contributed by atoms with Crippen LogP contribution in [-0.2, 0) is 4.79 Å². The van der Waals surface area contributed by atoms with Crippen molar-refractivity contribution in [1.82, 2.24) is 0 Å². The molecule has 0 aromatic heterocycles. The smallest absolute Gasteiger partial charge is 0.341 e. The van der Waals surface area contributed by atoms with Gasteiger partial charge in [-0.15, -0.1) is 0 Å². The first kappa shape index (κ1) is 16.6. The fourth-order valence-electron chi connectivity index (χ4n) is 1.82. The summed E-state index contributed by atoms with van der Waals surface area (Å²) in [5, 5.41) is 14.1. The van der Waals surface area contributed by atoms with Crippen LogP contribution in [0.3, 0.4) is 0 Å². The summed E-state index contributed by atoms with van der Waals surface area (Å²) in [7, 11) is 0. The Bertz CT molecular complexity index is 734. The fourth-order valence-corrected chi connectivity index (χ4v) is 2.04. The average Bonchev–Trinajstić information content (AvgIpc) is 2.50. The normalized spacial score (nSPS) is 10.0. The number of nitrogens with one attached hydrogen (secondary N) is 2. The number of carboxylic acids is 1. The lowest BCUT2D eigenvalue weighted by molar-refractivity contribution is -0.139. The number of para-hydroxylation sites is 1. The zero-order chi connectivity index (χ0) is 16.8. The molecule has 0 atom stereocenters. The average molecular weight is 335 g/mol. The number of benzene rings is 2. The number of carbonyl (C=O) groups excluding carboxylic acids is 1. The highest BCUT2D eigenvalue weighted by atomic mass is 35.5. The van der Waals surface area contributed by atoms with Gasteiger partial charge in [0.1, 0.15) is 5.75 Å². The summed E-state index contributed by atoms with van der Waals surface area (Å²) < 4.78 is 5.01. The second-order valence-corrected chi connectivity index (χ2v) is 5.13. The lowest BCUT2D eigenvalue weighted by Gasteiger charge is -2.11. The van der Waals surface area contributed by atoms with E-state index < -0.39 is 18.6 Å². The molecule has 0 heterocycles. The summed E-state index contributed by atoms with van der Waals surface area (Å²) in [4.78, 5) is 22.4. The van der Waals surface area contributed by atoms with Gasteiger partial charge in [-0.2, -0.15) is 0 Å². The Morgan fingerprint density at radius 2 is 1.83 bits per heavy atom. The van der Waals surface area contributed by atoms with Crippen LogP contribution in [-0.4, -0.2) is 23.7 Å². The van der Waals surface area contributed by atoms with Crippen molar-refractivity contribution in [3.05, 3.63) is 53.1 Å². The molecule has 6 nitrogen and oxygen atoms in total. The molecule has 2 amide bonds. The number of aryl methyl sites for hydroxylation is 1. The lowest BCUT2D eigenvalue weighted by atomic mass is 10.2. The highest BCUT2D eigenvalue weighted by Crippen LogP contribution is 2.27. The zero-order valence-electron chi connectivity index (χ0n) is 12.3. The first-order valence-corrected chi connectivity index (χ1v) is 7.11. The maximum Gasteiger partial charge on any atom is 0.341 e. The Morgan fingerprint density at radius 1 is 1.13 bits per heavy atom. The van der Waals surface area contributed by atoms with Crippen molar-refractivity contribution < 1.29 is 19.4 Å². The van der Waals surface area contributed by atoms with E-state index in [2.05, 4.69) is 10.6 Å². The molecule has 0 aliphatic carbocycles. The number of halogens is 1. The summed E-state index contributed by atoms with van der Waals surface area (Å²) in [6.07, 6.45) is 0. The summed E-state index contributed by atoms with van der Waals surface area (Å²) in [6.45, 7) is 1.42. The van der Waals surface area contributed by atoms with Crippen LogP contribution in [0.1, 0.15) is 5.56 Å². The van der Waals surface area contributed by atoms with E-state index in [9.17, 15) is 9.59 Å². The van der Waals surface area contributed by atoms with Crippen LogP contribution < -0.4 is 15.4 Å². The first-order valence-electron chi connectivity index (χ1n) is 6.73. The number of urea groups is 1. The molecule has 2 aromatic rings. The Labute approximate surface area is 138 Å². The number of aliphatic carboxylic acids is 1. The molecule has 0 aliphatic heterocycles. The molecule has 3 N–H and O–H groups in total.